The van der Waals surface area contributed by atoms with E-state index in [0.717, 1.165) is 0 Å². The molecule has 0 fully saturated rings. The van der Waals surface area contributed by atoms with Crippen LogP contribution < -0.4 is 10.9 Å². The van der Waals surface area contributed by atoms with Crippen LogP contribution in [0.25, 0.3) is 0 Å². The Morgan fingerprint density at radius 1 is 1.25 bits per heavy atom. The molecule has 1 aromatic heterocycles. The highest BCUT2D eigenvalue weighted by molar-refractivity contribution is 6.30. The lowest BCUT2D eigenvalue weighted by atomic mass is 10.0. The first-order chi connectivity index (χ1) is 11.4. The van der Waals surface area contributed by atoms with Gasteiger partial charge in [-0.1, -0.05) is 23.7 Å². The van der Waals surface area contributed by atoms with Gasteiger partial charge in [0.15, 0.2) is 0 Å². The molecule has 0 spiro atoms. The first kappa shape index (κ1) is 17.7. The van der Waals surface area contributed by atoms with Crippen LogP contribution in [0.2, 0.25) is 5.02 Å². The molecule has 2 rings (SSSR count). The third-order valence-corrected chi connectivity index (χ3v) is 3.79. The summed E-state index contributed by atoms with van der Waals surface area (Å²) in [6, 6.07) is 8.98. The molecule has 0 bridgehead atoms. The molecule has 0 aliphatic heterocycles. The Labute approximate surface area is 144 Å². The number of carbonyl (C=O) groups excluding carboxylic acids is 2. The quantitative estimate of drug-likeness (QED) is 0.839. The summed E-state index contributed by atoms with van der Waals surface area (Å²) in [6.07, 6.45) is 1.48. The van der Waals surface area contributed by atoms with E-state index in [1.165, 1.54) is 30.0 Å². The molecule has 0 aliphatic rings. The van der Waals surface area contributed by atoms with Gasteiger partial charge in [-0.25, -0.2) is 0 Å². The standard InChI is InChI=1S/C17H17ClN2O4/c1-20-8-7-12(9-15(20)21)17(23)19-14(10-16(22)24-2)11-3-5-13(18)6-4-11/h3-9,14H,10H2,1-2H3,(H,19,23). The summed E-state index contributed by atoms with van der Waals surface area (Å²) in [6.45, 7) is 0. The van der Waals surface area contributed by atoms with Crippen molar-refractivity contribution in [2.75, 3.05) is 7.11 Å². The van der Waals surface area contributed by atoms with Gasteiger partial charge in [0.25, 0.3) is 11.5 Å². The average Bonchev–Trinajstić information content (AvgIpc) is 2.57. The Hall–Kier alpha value is -2.60. The second-order valence-corrected chi connectivity index (χ2v) is 5.66. The van der Waals surface area contributed by atoms with Gasteiger partial charge in [0.2, 0.25) is 0 Å². The van der Waals surface area contributed by atoms with Gasteiger partial charge in [0.1, 0.15) is 0 Å². The second kappa shape index (κ2) is 7.79. The van der Waals surface area contributed by atoms with Crippen LogP contribution in [0.4, 0.5) is 0 Å². The number of esters is 1. The lowest BCUT2D eigenvalue weighted by Crippen LogP contribution is -2.31. The van der Waals surface area contributed by atoms with Gasteiger partial charge in [0, 0.05) is 29.9 Å². The number of nitrogens with zero attached hydrogens (tertiary/aromatic N) is 1. The maximum atomic E-state index is 12.4. The zero-order valence-corrected chi connectivity index (χ0v) is 14.0. The first-order valence-electron chi connectivity index (χ1n) is 7.20. The van der Waals surface area contributed by atoms with Gasteiger partial charge in [-0.15, -0.1) is 0 Å². The number of hydrogen-bond donors (Lipinski definition) is 1. The Bertz CT molecular complexity index is 799. The molecule has 0 saturated carbocycles. The number of methoxy groups -OCH3 is 1. The van der Waals surface area contributed by atoms with Crippen LogP contribution in [0, 0.1) is 0 Å². The Morgan fingerprint density at radius 3 is 2.50 bits per heavy atom. The van der Waals surface area contributed by atoms with Crippen LogP contribution in [0.15, 0.2) is 47.4 Å². The SMILES string of the molecule is COC(=O)CC(NC(=O)c1ccn(C)c(=O)c1)c1ccc(Cl)cc1. The number of ether oxygens (including phenoxy) is 1. The van der Waals surface area contributed by atoms with Crippen molar-refractivity contribution < 1.29 is 14.3 Å². The van der Waals surface area contributed by atoms with Crippen LogP contribution in [0.3, 0.4) is 0 Å². The number of benzene rings is 1. The molecule has 1 N–H and O–H groups in total. The van der Waals surface area contributed by atoms with E-state index in [4.69, 9.17) is 11.6 Å². The fourth-order valence-electron chi connectivity index (χ4n) is 2.13. The number of aryl methyl sites for hydroxylation is 1. The summed E-state index contributed by atoms with van der Waals surface area (Å²) in [5, 5.41) is 3.30. The van der Waals surface area contributed by atoms with E-state index in [9.17, 15) is 14.4 Å². The van der Waals surface area contributed by atoms with E-state index < -0.39 is 17.9 Å². The Kier molecular flexibility index (Phi) is 5.76. The molecule has 0 saturated heterocycles. The van der Waals surface area contributed by atoms with Crippen molar-refractivity contribution in [3.8, 4) is 0 Å². The van der Waals surface area contributed by atoms with E-state index in [0.29, 0.717) is 10.6 Å². The molecule has 0 radical (unpaired) electrons. The lowest BCUT2D eigenvalue weighted by Gasteiger charge is -2.18. The number of carbonyl (C=O) groups is 2. The van der Waals surface area contributed by atoms with Crippen LogP contribution in [0.5, 0.6) is 0 Å². The first-order valence-corrected chi connectivity index (χ1v) is 7.58. The van der Waals surface area contributed by atoms with Gasteiger partial charge >= 0.3 is 5.97 Å². The van der Waals surface area contributed by atoms with Crippen molar-refractivity contribution in [2.24, 2.45) is 7.05 Å². The second-order valence-electron chi connectivity index (χ2n) is 5.22. The fourth-order valence-corrected chi connectivity index (χ4v) is 2.25. The minimum atomic E-state index is -0.591. The van der Waals surface area contributed by atoms with Crippen molar-refractivity contribution in [3.05, 3.63) is 69.1 Å². The summed E-state index contributed by atoms with van der Waals surface area (Å²) in [5.74, 6) is -0.907. The molecule has 6 nitrogen and oxygen atoms in total. The third-order valence-electron chi connectivity index (χ3n) is 3.54. The smallest absolute Gasteiger partial charge is 0.307 e. The molecular formula is C17H17ClN2O4. The summed E-state index contributed by atoms with van der Waals surface area (Å²) in [7, 11) is 2.88. The molecule has 1 amide bonds. The number of hydrogen-bond acceptors (Lipinski definition) is 4. The molecule has 1 unspecified atom stereocenters. The Morgan fingerprint density at radius 2 is 1.92 bits per heavy atom. The minimum absolute atomic E-state index is 0.0330. The van der Waals surface area contributed by atoms with Gasteiger partial charge < -0.3 is 14.6 Å². The van der Waals surface area contributed by atoms with Crippen molar-refractivity contribution in [2.45, 2.75) is 12.5 Å². The molecule has 2 aromatic rings. The minimum Gasteiger partial charge on any atom is -0.469 e. The van der Waals surface area contributed by atoms with Crippen LogP contribution in [0.1, 0.15) is 28.4 Å². The molecular weight excluding hydrogens is 332 g/mol. The van der Waals surface area contributed by atoms with Gasteiger partial charge in [0.05, 0.1) is 19.6 Å². The summed E-state index contributed by atoms with van der Waals surface area (Å²) >= 11 is 5.87. The normalized spacial score (nSPS) is 11.6. The number of nitrogens with one attached hydrogen (secondary N) is 1. The molecule has 126 valence electrons. The Balaban J connectivity index is 2.24. The van der Waals surface area contributed by atoms with Crippen LogP contribution in [-0.2, 0) is 16.6 Å². The molecule has 1 heterocycles. The summed E-state index contributed by atoms with van der Waals surface area (Å²) in [5.41, 5.74) is 0.641. The number of halogens is 1. The van der Waals surface area contributed by atoms with E-state index >= 15 is 0 Å². The number of aromatic nitrogens is 1. The number of rotatable bonds is 5. The lowest BCUT2D eigenvalue weighted by molar-refractivity contribution is -0.141. The zero-order valence-electron chi connectivity index (χ0n) is 13.3. The highest BCUT2D eigenvalue weighted by atomic mass is 35.5. The van der Waals surface area contributed by atoms with E-state index in [-0.39, 0.29) is 17.5 Å². The molecule has 1 atom stereocenters. The average molecular weight is 349 g/mol. The van der Waals surface area contributed by atoms with E-state index in [1.54, 1.807) is 31.3 Å². The van der Waals surface area contributed by atoms with Gasteiger partial charge in [-0.2, -0.15) is 0 Å². The van der Waals surface area contributed by atoms with E-state index in [1.807, 2.05) is 0 Å². The van der Waals surface area contributed by atoms with Crippen molar-refractivity contribution in [3.63, 3.8) is 0 Å². The predicted octanol–water partition coefficient (Wildman–Crippen LogP) is 2.07. The van der Waals surface area contributed by atoms with Crippen molar-refractivity contribution >= 4 is 23.5 Å². The monoisotopic (exact) mass is 348 g/mol. The maximum absolute atomic E-state index is 12.4. The molecule has 24 heavy (non-hydrogen) atoms. The van der Waals surface area contributed by atoms with Crippen molar-refractivity contribution in [1.82, 2.24) is 9.88 Å². The largest absolute Gasteiger partial charge is 0.469 e. The van der Waals surface area contributed by atoms with Crippen molar-refractivity contribution in [1.29, 1.82) is 0 Å². The highest BCUT2D eigenvalue weighted by Gasteiger charge is 2.20. The molecule has 7 heteroatoms. The maximum Gasteiger partial charge on any atom is 0.307 e. The molecule has 0 aliphatic carbocycles. The van der Waals surface area contributed by atoms with E-state index in [2.05, 4.69) is 10.1 Å². The van der Waals surface area contributed by atoms with Gasteiger partial charge in [-0.05, 0) is 23.8 Å². The van der Waals surface area contributed by atoms with Crippen LogP contribution >= 0.6 is 11.6 Å². The topological polar surface area (TPSA) is 77.4 Å². The number of pyridine rings is 1. The zero-order chi connectivity index (χ0) is 17.7. The summed E-state index contributed by atoms with van der Waals surface area (Å²) in [4.78, 5) is 35.7. The molecule has 1 aromatic carbocycles. The summed E-state index contributed by atoms with van der Waals surface area (Å²) < 4.78 is 6.04. The van der Waals surface area contributed by atoms with Gasteiger partial charge in [-0.3, -0.25) is 14.4 Å². The highest BCUT2D eigenvalue weighted by Crippen LogP contribution is 2.20. The predicted molar refractivity (Wildman–Crippen MR) is 90.0 cm³/mol. The van der Waals surface area contributed by atoms with Crippen LogP contribution in [-0.4, -0.2) is 23.6 Å². The third kappa shape index (κ3) is 4.45. The fraction of sp³-hybridized carbons (Fsp3) is 0.235. The number of amides is 1.